The molecule has 1 saturated heterocycles. The Hall–Kier alpha value is -2.43. The maximum Gasteiger partial charge on any atom is 0.414 e. The van der Waals surface area contributed by atoms with E-state index in [0.29, 0.717) is 24.1 Å². The minimum atomic E-state index is -4.71. The van der Waals surface area contributed by atoms with Crippen molar-refractivity contribution in [1.82, 2.24) is 9.88 Å². The fraction of sp³-hybridized carbons (Fsp3) is 0.478. The van der Waals surface area contributed by atoms with Crippen LogP contribution in [-0.2, 0) is 12.0 Å². The average molecular weight is 417 g/mol. The van der Waals surface area contributed by atoms with Crippen molar-refractivity contribution in [2.45, 2.75) is 50.9 Å². The number of benzene rings is 1. The van der Waals surface area contributed by atoms with Crippen LogP contribution >= 0.6 is 0 Å². The van der Waals surface area contributed by atoms with Gasteiger partial charge in [-0.25, -0.2) is 0 Å². The second-order valence-electron chi connectivity index (χ2n) is 8.52. The number of nitriles is 1. The van der Waals surface area contributed by atoms with Gasteiger partial charge in [0.25, 0.3) is 0 Å². The first-order valence-corrected chi connectivity index (χ1v) is 9.99. The molecule has 1 aromatic heterocycles. The molecule has 0 bridgehead atoms. The third-order valence-electron chi connectivity index (χ3n) is 6.39. The van der Waals surface area contributed by atoms with Gasteiger partial charge < -0.3 is 5.11 Å². The lowest BCUT2D eigenvalue weighted by Crippen LogP contribution is -2.49. The van der Waals surface area contributed by atoms with E-state index in [-0.39, 0.29) is 19.4 Å². The van der Waals surface area contributed by atoms with Crippen molar-refractivity contribution in [3.63, 3.8) is 0 Å². The molecule has 1 fully saturated rings. The lowest BCUT2D eigenvalue weighted by atomic mass is 9.75. The summed E-state index contributed by atoms with van der Waals surface area (Å²) in [5.74, 6) is 0. The summed E-state index contributed by atoms with van der Waals surface area (Å²) in [6, 6.07) is 14.5. The highest BCUT2D eigenvalue weighted by atomic mass is 19.4. The van der Waals surface area contributed by atoms with Crippen molar-refractivity contribution >= 4 is 0 Å². The molecule has 0 radical (unpaired) electrons. The molecule has 7 heteroatoms. The Bertz CT molecular complexity index is 908. The summed E-state index contributed by atoms with van der Waals surface area (Å²) in [7, 11) is 0. The predicted octanol–water partition coefficient (Wildman–Crippen LogP) is 4.44. The molecule has 2 atom stereocenters. The largest absolute Gasteiger partial charge is 0.414 e. The number of hydrogen-bond acceptors (Lipinski definition) is 4. The van der Waals surface area contributed by atoms with Gasteiger partial charge in [-0.1, -0.05) is 24.3 Å². The molecule has 1 aliphatic heterocycles. The van der Waals surface area contributed by atoms with Gasteiger partial charge in [-0.15, -0.1) is 0 Å². The van der Waals surface area contributed by atoms with E-state index in [1.807, 2.05) is 30.9 Å². The number of aliphatic hydroxyl groups is 1. The fourth-order valence-corrected chi connectivity index (χ4v) is 4.40. The number of aliphatic hydroxyl groups excluding tert-OH is 1. The molecule has 2 aromatic rings. The van der Waals surface area contributed by atoms with Crippen LogP contribution < -0.4 is 0 Å². The molecule has 0 spiro atoms. The molecule has 1 unspecified atom stereocenters. The topological polar surface area (TPSA) is 60.2 Å². The molecule has 1 N–H and O–H groups in total. The maximum atomic E-state index is 13.6. The Labute approximate surface area is 175 Å². The van der Waals surface area contributed by atoms with Crippen molar-refractivity contribution in [3.05, 3.63) is 65.5 Å². The number of rotatable bonds is 6. The van der Waals surface area contributed by atoms with Crippen LogP contribution in [0.3, 0.4) is 0 Å². The van der Waals surface area contributed by atoms with E-state index < -0.39 is 23.2 Å². The molecule has 2 heterocycles. The van der Waals surface area contributed by atoms with Crippen LogP contribution in [0.2, 0.25) is 0 Å². The molecule has 0 saturated carbocycles. The molecule has 4 nitrogen and oxygen atoms in total. The summed E-state index contributed by atoms with van der Waals surface area (Å²) in [5, 5.41) is 19.7. The number of halogens is 3. The van der Waals surface area contributed by atoms with Crippen molar-refractivity contribution in [1.29, 1.82) is 5.26 Å². The van der Waals surface area contributed by atoms with Gasteiger partial charge in [-0.3, -0.25) is 9.88 Å². The van der Waals surface area contributed by atoms with Crippen molar-refractivity contribution in [3.8, 4) is 6.07 Å². The number of hydrogen-bond donors (Lipinski definition) is 1. The van der Waals surface area contributed by atoms with Gasteiger partial charge >= 0.3 is 6.18 Å². The maximum absolute atomic E-state index is 13.6. The highest BCUT2D eigenvalue weighted by Crippen LogP contribution is 2.47. The van der Waals surface area contributed by atoms with Gasteiger partial charge in [-0.2, -0.15) is 18.4 Å². The van der Waals surface area contributed by atoms with Crippen LogP contribution in [0, 0.1) is 16.7 Å². The number of alkyl halides is 3. The molecule has 1 aromatic carbocycles. The van der Waals surface area contributed by atoms with Crippen molar-refractivity contribution < 1.29 is 18.3 Å². The van der Waals surface area contributed by atoms with Crippen LogP contribution in [0.5, 0.6) is 0 Å². The van der Waals surface area contributed by atoms with Gasteiger partial charge in [0.05, 0.1) is 22.9 Å². The molecular formula is C23H26F3N3O. The first-order chi connectivity index (χ1) is 14.1. The SMILES string of the molecule is CC(C)(c1ccccn1)N1CC[C@@](CCc2ccccc2C#N)(C(O)C(F)(F)F)C1. The predicted molar refractivity (Wildman–Crippen MR) is 107 cm³/mol. The molecule has 3 rings (SSSR count). The van der Waals surface area contributed by atoms with Crippen LogP contribution in [0.4, 0.5) is 13.2 Å². The minimum Gasteiger partial charge on any atom is -0.383 e. The first kappa shape index (κ1) is 22.3. The van der Waals surface area contributed by atoms with Gasteiger partial charge in [0.15, 0.2) is 6.10 Å². The zero-order chi connectivity index (χ0) is 22.0. The molecule has 160 valence electrons. The second kappa shape index (κ2) is 8.37. The zero-order valence-corrected chi connectivity index (χ0v) is 17.2. The monoisotopic (exact) mass is 417 g/mol. The molecule has 0 aliphatic carbocycles. The van der Waals surface area contributed by atoms with Crippen LogP contribution in [0.25, 0.3) is 0 Å². The highest BCUT2D eigenvalue weighted by molar-refractivity contribution is 5.37. The Kier molecular flexibility index (Phi) is 6.21. The second-order valence-corrected chi connectivity index (χ2v) is 8.52. The first-order valence-electron chi connectivity index (χ1n) is 9.99. The normalized spacial score (nSPS) is 21.4. The quantitative estimate of drug-likeness (QED) is 0.755. The molecular weight excluding hydrogens is 391 g/mol. The van der Waals surface area contributed by atoms with Gasteiger partial charge in [0.2, 0.25) is 0 Å². The standard InChI is InChI=1S/C23H26F3N3O/c1-21(2,19-9-5-6-13-28-19)29-14-12-22(16-29,20(30)23(24,25)26)11-10-17-7-3-4-8-18(17)15-27/h3-9,13,20,30H,10-12,14,16H2,1-2H3/t20?,22-/m1/s1. The number of aromatic nitrogens is 1. The van der Waals surface area contributed by atoms with E-state index in [4.69, 9.17) is 0 Å². The number of aryl methyl sites for hydroxylation is 1. The van der Waals surface area contributed by atoms with E-state index in [2.05, 4.69) is 11.1 Å². The van der Waals surface area contributed by atoms with E-state index in [0.717, 1.165) is 5.69 Å². The summed E-state index contributed by atoms with van der Waals surface area (Å²) < 4.78 is 40.9. The van der Waals surface area contributed by atoms with E-state index in [1.54, 1.807) is 36.5 Å². The lowest BCUT2D eigenvalue weighted by molar-refractivity contribution is -0.239. The molecule has 30 heavy (non-hydrogen) atoms. The Morgan fingerprint density at radius 3 is 2.53 bits per heavy atom. The lowest BCUT2D eigenvalue weighted by Gasteiger charge is -2.39. The van der Waals surface area contributed by atoms with Crippen LogP contribution in [0.15, 0.2) is 48.7 Å². The number of pyridine rings is 1. The summed E-state index contributed by atoms with van der Waals surface area (Å²) >= 11 is 0. The number of nitrogens with zero attached hydrogens (tertiary/aromatic N) is 3. The summed E-state index contributed by atoms with van der Waals surface area (Å²) in [6.45, 7) is 4.41. The van der Waals surface area contributed by atoms with E-state index >= 15 is 0 Å². The molecule has 1 aliphatic rings. The Morgan fingerprint density at radius 2 is 1.90 bits per heavy atom. The van der Waals surface area contributed by atoms with E-state index in [1.165, 1.54) is 0 Å². The van der Waals surface area contributed by atoms with Gasteiger partial charge in [0, 0.05) is 18.2 Å². The smallest absolute Gasteiger partial charge is 0.383 e. The minimum absolute atomic E-state index is 0.103. The van der Waals surface area contributed by atoms with Gasteiger partial charge in [-0.05, 0) is 63.4 Å². The summed E-state index contributed by atoms with van der Waals surface area (Å²) in [4.78, 5) is 6.36. The Balaban J connectivity index is 1.88. The zero-order valence-electron chi connectivity index (χ0n) is 17.2. The summed E-state index contributed by atoms with van der Waals surface area (Å²) in [6.07, 6.45) is -4.80. The third-order valence-corrected chi connectivity index (χ3v) is 6.39. The van der Waals surface area contributed by atoms with Gasteiger partial charge in [0.1, 0.15) is 0 Å². The highest BCUT2D eigenvalue weighted by Gasteiger charge is 2.56. The van der Waals surface area contributed by atoms with Crippen LogP contribution in [-0.4, -0.2) is 40.4 Å². The number of likely N-dealkylation sites (tertiary alicyclic amines) is 1. The van der Waals surface area contributed by atoms with E-state index in [9.17, 15) is 23.5 Å². The third kappa shape index (κ3) is 4.35. The average Bonchev–Trinajstić information content (AvgIpc) is 3.18. The Morgan fingerprint density at radius 1 is 1.20 bits per heavy atom. The molecule has 0 amide bonds. The van der Waals surface area contributed by atoms with Crippen LogP contribution in [0.1, 0.15) is 43.5 Å². The summed E-state index contributed by atoms with van der Waals surface area (Å²) in [5.41, 5.74) is 0.0253. The van der Waals surface area contributed by atoms with Crippen molar-refractivity contribution in [2.75, 3.05) is 13.1 Å². The fourth-order valence-electron chi connectivity index (χ4n) is 4.40. The van der Waals surface area contributed by atoms with Crippen molar-refractivity contribution in [2.24, 2.45) is 5.41 Å².